The van der Waals surface area contributed by atoms with E-state index >= 15 is 0 Å². The lowest BCUT2D eigenvalue weighted by atomic mass is 10.0. The van der Waals surface area contributed by atoms with Crippen molar-refractivity contribution in [1.29, 1.82) is 0 Å². The van der Waals surface area contributed by atoms with Crippen LogP contribution in [0.1, 0.15) is 24.8 Å². The Bertz CT molecular complexity index is 330. The fourth-order valence-corrected chi connectivity index (χ4v) is 1.73. The van der Waals surface area contributed by atoms with Crippen LogP contribution in [0.5, 0.6) is 0 Å². The van der Waals surface area contributed by atoms with Crippen LogP contribution in [0.3, 0.4) is 0 Å². The summed E-state index contributed by atoms with van der Waals surface area (Å²) < 4.78 is 5.59. The number of ether oxygens (including phenoxy) is 1. The number of hydrogen-bond donors (Lipinski definition) is 1. The van der Waals surface area contributed by atoms with Crippen molar-refractivity contribution in [2.24, 2.45) is 0 Å². The Hall–Kier alpha value is -1.28. The first-order chi connectivity index (χ1) is 7.36. The van der Waals surface area contributed by atoms with Crippen LogP contribution in [-0.4, -0.2) is 11.2 Å². The van der Waals surface area contributed by atoms with Gasteiger partial charge in [0.05, 0.1) is 0 Å². The van der Waals surface area contributed by atoms with Crippen LogP contribution >= 0.6 is 0 Å². The van der Waals surface area contributed by atoms with Crippen molar-refractivity contribution in [3.8, 4) is 0 Å². The predicted molar refractivity (Wildman–Crippen MR) is 59.2 cm³/mol. The maximum Gasteiger partial charge on any atom is 0.121 e. The quantitative estimate of drug-likeness (QED) is 0.820. The van der Waals surface area contributed by atoms with Crippen molar-refractivity contribution < 1.29 is 9.84 Å². The van der Waals surface area contributed by atoms with E-state index in [0.717, 1.165) is 30.6 Å². The maximum absolute atomic E-state index is 9.65. The first-order valence-corrected chi connectivity index (χ1v) is 5.41. The standard InChI is InChI=1S/C13H16O2/c14-12-8-4-5-9-13(12)15-10-11-6-2-1-3-7-11/h1-3,6-7,9,12,14H,4-5,8,10H2/t12-/m1/s1. The molecule has 0 amide bonds. The Morgan fingerprint density at radius 3 is 2.80 bits per heavy atom. The van der Waals surface area contributed by atoms with Crippen molar-refractivity contribution in [2.45, 2.75) is 32.0 Å². The van der Waals surface area contributed by atoms with E-state index < -0.39 is 6.10 Å². The minimum atomic E-state index is -0.400. The smallest absolute Gasteiger partial charge is 0.121 e. The molecule has 0 saturated carbocycles. The minimum Gasteiger partial charge on any atom is -0.491 e. The number of allylic oxidation sites excluding steroid dienone is 1. The van der Waals surface area contributed by atoms with Crippen LogP contribution in [0.2, 0.25) is 0 Å². The zero-order valence-electron chi connectivity index (χ0n) is 8.73. The van der Waals surface area contributed by atoms with E-state index in [1.165, 1.54) is 0 Å². The van der Waals surface area contributed by atoms with Gasteiger partial charge in [-0.25, -0.2) is 0 Å². The minimum absolute atomic E-state index is 0.400. The average molecular weight is 204 g/mol. The molecule has 0 spiro atoms. The molecule has 0 unspecified atom stereocenters. The van der Waals surface area contributed by atoms with Crippen molar-refractivity contribution in [2.75, 3.05) is 0 Å². The van der Waals surface area contributed by atoms with Gasteiger partial charge in [-0.15, -0.1) is 0 Å². The molecule has 1 atom stereocenters. The summed E-state index contributed by atoms with van der Waals surface area (Å²) in [5.74, 6) is 0.741. The third-order valence-corrected chi connectivity index (χ3v) is 2.60. The highest BCUT2D eigenvalue weighted by Gasteiger charge is 2.15. The van der Waals surface area contributed by atoms with Gasteiger partial charge in [0, 0.05) is 0 Å². The molecule has 2 heteroatoms. The average Bonchev–Trinajstić information content (AvgIpc) is 2.29. The van der Waals surface area contributed by atoms with Gasteiger partial charge < -0.3 is 9.84 Å². The number of rotatable bonds is 3. The predicted octanol–water partition coefficient (Wildman–Crippen LogP) is 2.63. The van der Waals surface area contributed by atoms with Gasteiger partial charge in [-0.3, -0.25) is 0 Å². The molecule has 0 aromatic heterocycles. The highest BCUT2D eigenvalue weighted by molar-refractivity contribution is 5.14. The Balaban J connectivity index is 1.90. The lowest BCUT2D eigenvalue weighted by Gasteiger charge is -2.19. The third-order valence-electron chi connectivity index (χ3n) is 2.60. The molecule has 1 aromatic carbocycles. The molecule has 1 aliphatic carbocycles. The van der Waals surface area contributed by atoms with Crippen molar-refractivity contribution >= 4 is 0 Å². The topological polar surface area (TPSA) is 29.5 Å². The van der Waals surface area contributed by atoms with E-state index in [1.807, 2.05) is 36.4 Å². The van der Waals surface area contributed by atoms with Crippen LogP contribution in [-0.2, 0) is 11.3 Å². The SMILES string of the molecule is O[C@@H]1CCCC=C1OCc1ccccc1. The Kier molecular flexibility index (Phi) is 3.41. The molecule has 2 nitrogen and oxygen atoms in total. The first-order valence-electron chi connectivity index (χ1n) is 5.41. The normalized spacial score (nSPS) is 20.9. The molecular weight excluding hydrogens is 188 g/mol. The van der Waals surface area contributed by atoms with Crippen molar-refractivity contribution in [1.82, 2.24) is 0 Å². The first kappa shape index (κ1) is 10.2. The number of aliphatic hydroxyl groups excluding tert-OH is 1. The molecule has 0 heterocycles. The highest BCUT2D eigenvalue weighted by atomic mass is 16.5. The summed E-state index contributed by atoms with van der Waals surface area (Å²) in [7, 11) is 0. The molecule has 1 aliphatic rings. The van der Waals surface area contributed by atoms with Crippen LogP contribution < -0.4 is 0 Å². The van der Waals surface area contributed by atoms with E-state index in [9.17, 15) is 5.11 Å². The second kappa shape index (κ2) is 4.99. The van der Waals surface area contributed by atoms with Gasteiger partial charge in [0.15, 0.2) is 0 Å². The molecule has 0 bridgehead atoms. The van der Waals surface area contributed by atoms with Crippen molar-refractivity contribution in [3.63, 3.8) is 0 Å². The number of benzene rings is 1. The summed E-state index contributed by atoms with van der Waals surface area (Å²) in [6.07, 6.45) is 4.49. The summed E-state index contributed by atoms with van der Waals surface area (Å²) in [4.78, 5) is 0. The monoisotopic (exact) mass is 204 g/mol. The van der Waals surface area contributed by atoms with E-state index in [4.69, 9.17) is 4.74 Å². The summed E-state index contributed by atoms with van der Waals surface area (Å²) in [5.41, 5.74) is 1.14. The van der Waals surface area contributed by atoms with E-state index in [1.54, 1.807) is 0 Å². The van der Waals surface area contributed by atoms with Gasteiger partial charge in [0.1, 0.15) is 18.5 Å². The van der Waals surface area contributed by atoms with Crippen LogP contribution in [0.15, 0.2) is 42.2 Å². The molecule has 0 radical (unpaired) electrons. The zero-order chi connectivity index (χ0) is 10.5. The summed E-state index contributed by atoms with van der Waals surface area (Å²) >= 11 is 0. The highest BCUT2D eigenvalue weighted by Crippen LogP contribution is 2.20. The van der Waals surface area contributed by atoms with Gasteiger partial charge in [-0.2, -0.15) is 0 Å². The Morgan fingerprint density at radius 2 is 2.07 bits per heavy atom. The molecule has 80 valence electrons. The summed E-state index contributed by atoms with van der Waals surface area (Å²) in [6.45, 7) is 0.545. The molecule has 0 aliphatic heterocycles. The second-order valence-electron chi connectivity index (χ2n) is 3.83. The molecule has 0 saturated heterocycles. The van der Waals surface area contributed by atoms with E-state index in [2.05, 4.69) is 0 Å². The molecule has 15 heavy (non-hydrogen) atoms. The largest absolute Gasteiger partial charge is 0.491 e. The fourth-order valence-electron chi connectivity index (χ4n) is 1.73. The zero-order valence-corrected chi connectivity index (χ0v) is 8.73. The lowest BCUT2D eigenvalue weighted by Crippen LogP contribution is -2.16. The summed E-state index contributed by atoms with van der Waals surface area (Å²) in [6, 6.07) is 10.0. The molecule has 0 fully saturated rings. The van der Waals surface area contributed by atoms with Gasteiger partial charge in [0.2, 0.25) is 0 Å². The van der Waals surface area contributed by atoms with Gasteiger partial charge in [0.25, 0.3) is 0 Å². The number of aliphatic hydroxyl groups is 1. The molecular formula is C13H16O2. The lowest BCUT2D eigenvalue weighted by molar-refractivity contribution is 0.0811. The Morgan fingerprint density at radius 1 is 1.27 bits per heavy atom. The van der Waals surface area contributed by atoms with Crippen LogP contribution in [0.25, 0.3) is 0 Å². The molecule has 1 N–H and O–H groups in total. The summed E-state index contributed by atoms with van der Waals surface area (Å²) in [5, 5.41) is 9.65. The second-order valence-corrected chi connectivity index (χ2v) is 3.83. The molecule has 1 aromatic rings. The van der Waals surface area contributed by atoms with Crippen molar-refractivity contribution in [3.05, 3.63) is 47.7 Å². The van der Waals surface area contributed by atoms with Gasteiger partial charge >= 0.3 is 0 Å². The number of hydrogen-bond acceptors (Lipinski definition) is 2. The van der Waals surface area contributed by atoms with E-state index in [-0.39, 0.29) is 0 Å². The fraction of sp³-hybridized carbons (Fsp3) is 0.385. The van der Waals surface area contributed by atoms with Crippen LogP contribution in [0, 0.1) is 0 Å². The van der Waals surface area contributed by atoms with E-state index in [0.29, 0.717) is 6.61 Å². The Labute approximate surface area is 90.2 Å². The maximum atomic E-state index is 9.65. The molecule has 2 rings (SSSR count). The van der Waals surface area contributed by atoms with Gasteiger partial charge in [-0.05, 0) is 30.9 Å². The van der Waals surface area contributed by atoms with Crippen LogP contribution in [0.4, 0.5) is 0 Å². The third kappa shape index (κ3) is 2.83. The van der Waals surface area contributed by atoms with Gasteiger partial charge in [-0.1, -0.05) is 30.3 Å².